The van der Waals surface area contributed by atoms with Gasteiger partial charge in [0.05, 0.1) is 29.8 Å². The van der Waals surface area contributed by atoms with Crippen LogP contribution in [0.5, 0.6) is 0 Å². The van der Waals surface area contributed by atoms with Crippen molar-refractivity contribution in [3.8, 4) is 11.1 Å². The van der Waals surface area contributed by atoms with E-state index in [0.29, 0.717) is 45.2 Å². The second-order valence-electron chi connectivity index (χ2n) is 9.73. The minimum absolute atomic E-state index is 0.00281. The van der Waals surface area contributed by atoms with Gasteiger partial charge in [0, 0.05) is 53.8 Å². The van der Waals surface area contributed by atoms with Gasteiger partial charge in [-0.3, -0.25) is 9.78 Å². The second kappa shape index (κ2) is 7.76. The summed E-state index contributed by atoms with van der Waals surface area (Å²) in [5, 5.41) is 4.14. The maximum absolute atomic E-state index is 15.2. The molecule has 5 N–H and O–H groups in total. The van der Waals surface area contributed by atoms with Gasteiger partial charge in [0.25, 0.3) is 0 Å². The summed E-state index contributed by atoms with van der Waals surface area (Å²) >= 11 is 0. The molecule has 35 heavy (non-hydrogen) atoms. The molecule has 4 aromatic rings. The predicted molar refractivity (Wildman–Crippen MR) is 133 cm³/mol. The van der Waals surface area contributed by atoms with Crippen molar-refractivity contribution >= 4 is 33.9 Å². The Morgan fingerprint density at radius 1 is 1.11 bits per heavy atom. The second-order valence-corrected chi connectivity index (χ2v) is 9.73. The number of carbonyl (C=O) groups is 1. The van der Waals surface area contributed by atoms with Crippen molar-refractivity contribution in [2.45, 2.75) is 25.7 Å². The van der Waals surface area contributed by atoms with Gasteiger partial charge >= 0.3 is 0 Å². The van der Waals surface area contributed by atoms with Crippen LogP contribution in [-0.4, -0.2) is 25.4 Å². The van der Waals surface area contributed by atoms with Crippen LogP contribution >= 0.6 is 0 Å². The van der Waals surface area contributed by atoms with Crippen molar-refractivity contribution in [3.05, 3.63) is 60.3 Å². The van der Waals surface area contributed by atoms with Crippen LogP contribution in [0.2, 0.25) is 0 Å². The number of halogens is 1. The van der Waals surface area contributed by atoms with Crippen molar-refractivity contribution < 1.29 is 9.18 Å². The number of fused-ring (bicyclic) bond motifs is 1. The number of aromatic nitrogens is 4. The number of carbonyl (C=O) groups excluding carboxylic acids is 1. The molecule has 0 unspecified atom stereocenters. The molecule has 0 radical (unpaired) electrons. The zero-order valence-electron chi connectivity index (χ0n) is 19.5. The Morgan fingerprint density at radius 3 is 2.63 bits per heavy atom. The molecule has 2 aliphatic carbocycles. The third kappa shape index (κ3) is 3.50. The normalized spacial score (nSPS) is 21.3. The van der Waals surface area contributed by atoms with E-state index in [9.17, 15) is 4.79 Å². The van der Waals surface area contributed by atoms with Gasteiger partial charge in [0.15, 0.2) is 5.82 Å². The van der Waals surface area contributed by atoms with E-state index in [4.69, 9.17) is 11.5 Å². The number of nitrogens with zero attached hydrogens (tertiary/aromatic N) is 4. The molecule has 0 saturated heterocycles. The van der Waals surface area contributed by atoms with E-state index in [1.54, 1.807) is 24.7 Å². The summed E-state index contributed by atoms with van der Waals surface area (Å²) in [5.74, 6) is 0.807. The highest BCUT2D eigenvalue weighted by Gasteiger charge is 2.61. The molecule has 0 spiro atoms. The molecule has 3 atom stereocenters. The van der Waals surface area contributed by atoms with Crippen LogP contribution in [0.1, 0.15) is 30.0 Å². The number of amides is 1. The van der Waals surface area contributed by atoms with Gasteiger partial charge < -0.3 is 21.4 Å². The molecule has 8 nitrogen and oxygen atoms in total. The third-order valence-electron chi connectivity index (χ3n) is 7.53. The highest BCUT2D eigenvalue weighted by Crippen LogP contribution is 2.64. The van der Waals surface area contributed by atoms with Crippen molar-refractivity contribution in [1.29, 1.82) is 0 Å². The van der Waals surface area contributed by atoms with Gasteiger partial charge in [-0.1, -0.05) is 0 Å². The maximum atomic E-state index is 15.2. The molecule has 3 aromatic heterocycles. The smallest absolute Gasteiger partial charge is 0.229 e. The predicted octanol–water partition coefficient (Wildman–Crippen LogP) is 4.02. The molecule has 1 aromatic carbocycles. The number of hydrogen-bond acceptors (Lipinski definition) is 6. The number of anilines is 3. The van der Waals surface area contributed by atoms with Gasteiger partial charge in [0.2, 0.25) is 5.91 Å². The number of imidazole rings is 1. The third-order valence-corrected chi connectivity index (χ3v) is 7.53. The lowest BCUT2D eigenvalue weighted by Crippen LogP contribution is -2.17. The van der Waals surface area contributed by atoms with Gasteiger partial charge in [0.1, 0.15) is 5.82 Å². The first-order valence-electron chi connectivity index (χ1n) is 11.7. The summed E-state index contributed by atoms with van der Waals surface area (Å²) in [6.07, 6.45) is 10.6. The Kier molecular flexibility index (Phi) is 4.77. The maximum Gasteiger partial charge on any atom is 0.229 e. The molecular weight excluding hydrogens is 445 g/mol. The lowest BCUT2D eigenvalue weighted by atomic mass is 9.97. The Hall–Kier alpha value is -4.01. The number of hydrogen-bond donors (Lipinski definition) is 3. The van der Waals surface area contributed by atoms with E-state index in [0.717, 1.165) is 11.3 Å². The van der Waals surface area contributed by atoms with Crippen LogP contribution < -0.4 is 16.8 Å². The molecule has 1 amide bonds. The Balaban J connectivity index is 1.32. The van der Waals surface area contributed by atoms with E-state index in [1.807, 2.05) is 24.7 Å². The molecule has 0 aliphatic heterocycles. The van der Waals surface area contributed by atoms with E-state index < -0.39 is 5.82 Å². The fourth-order valence-electron chi connectivity index (χ4n) is 5.39. The number of rotatable bonds is 5. The molecule has 178 valence electrons. The molecule has 0 bridgehead atoms. The SMILES string of the molecule is Cc1c(N)cncc1-c1cc2cc(NC(=O)[C@@H]3[C@@H](c4cncn4C)[C@@H]3C3CC3)ncc2c(N)c1F. The summed E-state index contributed by atoms with van der Waals surface area (Å²) in [5.41, 5.74) is 15.3. The molecule has 2 saturated carbocycles. The van der Waals surface area contributed by atoms with Crippen molar-refractivity contribution in [2.75, 3.05) is 16.8 Å². The molecule has 3 heterocycles. The van der Waals surface area contributed by atoms with Crippen LogP contribution in [0, 0.1) is 30.5 Å². The zero-order valence-corrected chi connectivity index (χ0v) is 19.5. The topological polar surface area (TPSA) is 125 Å². The van der Waals surface area contributed by atoms with Crippen LogP contribution in [0.25, 0.3) is 21.9 Å². The summed E-state index contributed by atoms with van der Waals surface area (Å²) in [7, 11) is 1.96. The van der Waals surface area contributed by atoms with Crippen LogP contribution in [-0.2, 0) is 11.8 Å². The molecule has 9 heteroatoms. The number of pyridine rings is 2. The van der Waals surface area contributed by atoms with Gasteiger partial charge in [-0.2, -0.15) is 0 Å². The molecule has 6 rings (SSSR count). The summed E-state index contributed by atoms with van der Waals surface area (Å²) < 4.78 is 17.2. The van der Waals surface area contributed by atoms with E-state index in [-0.39, 0.29) is 23.4 Å². The number of aryl methyl sites for hydroxylation is 1. The van der Waals surface area contributed by atoms with E-state index in [2.05, 4.69) is 20.3 Å². The quantitative estimate of drug-likeness (QED) is 0.378. The summed E-state index contributed by atoms with van der Waals surface area (Å²) in [4.78, 5) is 26.0. The molecule has 2 aliphatic rings. The first kappa shape index (κ1) is 21.5. The monoisotopic (exact) mass is 471 g/mol. The Labute approximate surface area is 201 Å². The average molecular weight is 472 g/mol. The van der Waals surface area contributed by atoms with Crippen LogP contribution in [0.15, 0.2) is 43.2 Å². The average Bonchev–Trinajstić information content (AvgIpc) is 3.75. The number of nitrogens with two attached hydrogens (primary N) is 2. The highest BCUT2D eigenvalue weighted by atomic mass is 19.1. The van der Waals surface area contributed by atoms with E-state index >= 15 is 4.39 Å². The molecule has 2 fully saturated rings. The summed E-state index contributed by atoms with van der Waals surface area (Å²) in [6.45, 7) is 1.81. The lowest BCUT2D eigenvalue weighted by molar-refractivity contribution is -0.117. The fourth-order valence-corrected chi connectivity index (χ4v) is 5.39. The highest BCUT2D eigenvalue weighted by molar-refractivity contribution is 6.01. The first-order valence-corrected chi connectivity index (χ1v) is 11.7. The lowest BCUT2D eigenvalue weighted by Gasteiger charge is -2.13. The minimum Gasteiger partial charge on any atom is -0.397 e. The van der Waals surface area contributed by atoms with Crippen LogP contribution in [0.3, 0.4) is 0 Å². The van der Waals surface area contributed by atoms with Crippen molar-refractivity contribution in [3.63, 3.8) is 0 Å². The number of nitrogen functional groups attached to an aromatic ring is 2. The van der Waals surface area contributed by atoms with E-state index in [1.165, 1.54) is 25.2 Å². The number of nitrogens with one attached hydrogen (secondary N) is 1. The number of benzene rings is 1. The van der Waals surface area contributed by atoms with Crippen molar-refractivity contribution in [1.82, 2.24) is 19.5 Å². The first-order chi connectivity index (χ1) is 16.8. The van der Waals surface area contributed by atoms with Crippen LogP contribution in [0.4, 0.5) is 21.6 Å². The Bertz CT molecular complexity index is 1490. The van der Waals surface area contributed by atoms with Crippen molar-refractivity contribution in [2.24, 2.45) is 24.8 Å². The van der Waals surface area contributed by atoms with Gasteiger partial charge in [-0.05, 0) is 54.7 Å². The fraction of sp³-hybridized carbons (Fsp3) is 0.308. The minimum atomic E-state index is -0.545. The Morgan fingerprint density at radius 2 is 1.91 bits per heavy atom. The summed E-state index contributed by atoms with van der Waals surface area (Å²) in [6, 6.07) is 3.43. The van der Waals surface area contributed by atoms with Gasteiger partial charge in [-0.15, -0.1) is 0 Å². The van der Waals surface area contributed by atoms with Gasteiger partial charge in [-0.25, -0.2) is 14.4 Å². The molecular formula is C26H26FN7O. The zero-order chi connectivity index (χ0) is 24.4. The standard InChI is InChI=1S/C26H26FN7O/c1-12-16(7-30-9-18(12)28)15-5-14-6-20(32-8-17(14)25(29)24(15)27)33-26(35)23-21(13-3-4-13)22(23)19-10-31-11-34(19)2/h5-11,13,21-23H,3-4,28-29H2,1-2H3,(H,32,33,35)/t21-,22-,23-/m0/s1. The largest absolute Gasteiger partial charge is 0.397 e.